The maximum atomic E-state index is 12.2. The first-order chi connectivity index (χ1) is 13.1. The fraction of sp³-hybridized carbons (Fsp3) is 0.650. The number of likely N-dealkylation sites (tertiary alicyclic amines) is 1. The average Bonchev–Trinajstić information content (AvgIpc) is 2.74. The molecule has 2 atom stereocenters. The number of hydrogen-bond donors (Lipinski definition) is 0. The molecule has 1 amide bonds. The van der Waals surface area contributed by atoms with Gasteiger partial charge < -0.3 is 14.5 Å². The van der Waals surface area contributed by atoms with Crippen molar-refractivity contribution in [2.45, 2.75) is 32.2 Å². The minimum atomic E-state index is -0.157. The number of piperazine rings is 1. The van der Waals surface area contributed by atoms with E-state index in [0.29, 0.717) is 19.4 Å². The molecule has 7 nitrogen and oxygen atoms in total. The Morgan fingerprint density at radius 2 is 1.76 bits per heavy atom. The van der Waals surface area contributed by atoms with Crippen molar-refractivity contribution in [3.63, 3.8) is 0 Å². The summed E-state index contributed by atoms with van der Waals surface area (Å²) in [6.45, 7) is 7.09. The summed E-state index contributed by atoms with van der Waals surface area (Å²) in [4.78, 5) is 35.0. The molecule has 0 aliphatic carbocycles. The van der Waals surface area contributed by atoms with E-state index in [1.54, 1.807) is 0 Å². The highest BCUT2D eigenvalue weighted by molar-refractivity contribution is 5.85. The standard InChI is InChI=1S/C20H30N4O3.2ClH/c1-3-19(25)24-9-6-16(14-20(26)27-2)18(15-24)23-12-10-22(11-13-23)17-4-7-21-8-5-17;;/h4-5,7-8,16,18H,3,6,9-15H2,1-2H3;2*1H. The fourth-order valence-corrected chi connectivity index (χ4v) is 4.25. The van der Waals surface area contributed by atoms with Gasteiger partial charge in [-0.25, -0.2) is 0 Å². The van der Waals surface area contributed by atoms with Gasteiger partial charge in [0.15, 0.2) is 0 Å². The Labute approximate surface area is 185 Å². The van der Waals surface area contributed by atoms with E-state index in [0.717, 1.165) is 39.1 Å². The molecule has 0 bridgehead atoms. The third-order valence-corrected chi connectivity index (χ3v) is 5.84. The molecule has 2 fully saturated rings. The van der Waals surface area contributed by atoms with Crippen LogP contribution in [0.4, 0.5) is 5.69 Å². The van der Waals surface area contributed by atoms with Crippen LogP contribution in [0.25, 0.3) is 0 Å². The third kappa shape index (κ3) is 6.46. The van der Waals surface area contributed by atoms with E-state index in [1.807, 2.05) is 36.4 Å². The monoisotopic (exact) mass is 446 g/mol. The van der Waals surface area contributed by atoms with E-state index in [-0.39, 0.29) is 48.7 Å². The molecule has 0 aromatic carbocycles. The van der Waals surface area contributed by atoms with E-state index < -0.39 is 0 Å². The first-order valence-electron chi connectivity index (χ1n) is 9.86. The van der Waals surface area contributed by atoms with Crippen molar-refractivity contribution in [1.82, 2.24) is 14.8 Å². The number of methoxy groups -OCH3 is 1. The van der Waals surface area contributed by atoms with Crippen LogP contribution in [0.15, 0.2) is 24.5 Å². The number of carbonyl (C=O) groups excluding carboxylic acids is 2. The minimum Gasteiger partial charge on any atom is -0.469 e. The van der Waals surface area contributed by atoms with Crippen molar-refractivity contribution in [3.8, 4) is 0 Å². The van der Waals surface area contributed by atoms with E-state index >= 15 is 0 Å². The number of amides is 1. The highest BCUT2D eigenvalue weighted by atomic mass is 35.5. The van der Waals surface area contributed by atoms with Crippen LogP contribution in [-0.4, -0.2) is 79.1 Å². The van der Waals surface area contributed by atoms with Crippen LogP contribution < -0.4 is 4.90 Å². The van der Waals surface area contributed by atoms with Gasteiger partial charge in [-0.15, -0.1) is 24.8 Å². The zero-order valence-electron chi connectivity index (χ0n) is 17.2. The highest BCUT2D eigenvalue weighted by Crippen LogP contribution is 2.28. The Hall–Kier alpha value is -1.57. The van der Waals surface area contributed by atoms with Crippen LogP contribution in [0.5, 0.6) is 0 Å². The molecular formula is C20H32Cl2N4O3. The van der Waals surface area contributed by atoms with Crippen molar-refractivity contribution in [3.05, 3.63) is 24.5 Å². The Morgan fingerprint density at radius 1 is 1.10 bits per heavy atom. The quantitative estimate of drug-likeness (QED) is 0.646. The molecule has 0 radical (unpaired) electrons. The Morgan fingerprint density at radius 3 is 2.34 bits per heavy atom. The summed E-state index contributed by atoms with van der Waals surface area (Å²) in [6, 6.07) is 4.30. The van der Waals surface area contributed by atoms with E-state index in [9.17, 15) is 9.59 Å². The molecular weight excluding hydrogens is 415 g/mol. The molecule has 3 heterocycles. The lowest BCUT2D eigenvalue weighted by molar-refractivity contribution is -0.143. The molecule has 9 heteroatoms. The number of carbonyl (C=O) groups is 2. The molecule has 0 saturated carbocycles. The second kappa shape index (κ2) is 12.2. The molecule has 0 spiro atoms. The Balaban J connectivity index is 0.00000210. The molecule has 1 aromatic heterocycles. The number of hydrogen-bond acceptors (Lipinski definition) is 6. The number of esters is 1. The molecule has 29 heavy (non-hydrogen) atoms. The summed E-state index contributed by atoms with van der Waals surface area (Å²) < 4.78 is 4.91. The van der Waals surface area contributed by atoms with Crippen molar-refractivity contribution < 1.29 is 14.3 Å². The Bertz CT molecular complexity index is 642. The summed E-state index contributed by atoms with van der Waals surface area (Å²) in [6.07, 6.45) is 5.47. The first kappa shape index (κ1) is 25.5. The van der Waals surface area contributed by atoms with Crippen LogP contribution >= 0.6 is 24.8 Å². The van der Waals surface area contributed by atoms with Crippen LogP contribution in [0.3, 0.4) is 0 Å². The molecule has 0 N–H and O–H groups in total. The van der Waals surface area contributed by atoms with Crippen LogP contribution in [0, 0.1) is 5.92 Å². The van der Waals surface area contributed by atoms with Gasteiger partial charge in [-0.2, -0.15) is 0 Å². The zero-order valence-corrected chi connectivity index (χ0v) is 18.8. The van der Waals surface area contributed by atoms with Gasteiger partial charge in [-0.1, -0.05) is 6.92 Å². The lowest BCUT2D eigenvalue weighted by Gasteiger charge is -2.47. The minimum absolute atomic E-state index is 0. The predicted octanol–water partition coefficient (Wildman–Crippen LogP) is 2.24. The van der Waals surface area contributed by atoms with Crippen molar-refractivity contribution in [2.24, 2.45) is 5.92 Å². The molecule has 3 rings (SSSR count). The fourth-order valence-electron chi connectivity index (χ4n) is 4.25. The summed E-state index contributed by atoms with van der Waals surface area (Å²) >= 11 is 0. The number of halogens is 2. The van der Waals surface area contributed by atoms with Gasteiger partial charge in [0.2, 0.25) is 5.91 Å². The largest absolute Gasteiger partial charge is 0.469 e. The summed E-state index contributed by atoms with van der Waals surface area (Å²) in [5.74, 6) is 0.286. The maximum absolute atomic E-state index is 12.2. The van der Waals surface area contributed by atoms with E-state index in [1.165, 1.54) is 12.8 Å². The second-order valence-electron chi connectivity index (χ2n) is 7.32. The number of anilines is 1. The molecule has 2 saturated heterocycles. The van der Waals surface area contributed by atoms with Gasteiger partial charge in [0.25, 0.3) is 0 Å². The highest BCUT2D eigenvalue weighted by Gasteiger charge is 2.37. The van der Waals surface area contributed by atoms with Crippen LogP contribution in [0.1, 0.15) is 26.2 Å². The van der Waals surface area contributed by atoms with Gasteiger partial charge in [-0.05, 0) is 24.5 Å². The molecule has 2 unspecified atom stereocenters. The predicted molar refractivity (Wildman–Crippen MR) is 118 cm³/mol. The molecule has 2 aliphatic heterocycles. The topological polar surface area (TPSA) is 66.0 Å². The molecule has 164 valence electrons. The summed E-state index contributed by atoms with van der Waals surface area (Å²) in [5, 5.41) is 0. The van der Waals surface area contributed by atoms with Gasteiger partial charge >= 0.3 is 5.97 Å². The van der Waals surface area contributed by atoms with E-state index in [4.69, 9.17) is 4.74 Å². The van der Waals surface area contributed by atoms with Gasteiger partial charge in [0.05, 0.1) is 7.11 Å². The number of nitrogens with zero attached hydrogens (tertiary/aromatic N) is 4. The summed E-state index contributed by atoms with van der Waals surface area (Å²) in [5.41, 5.74) is 1.20. The molecule has 2 aliphatic rings. The average molecular weight is 447 g/mol. The van der Waals surface area contributed by atoms with E-state index in [2.05, 4.69) is 14.8 Å². The van der Waals surface area contributed by atoms with Crippen LogP contribution in [0.2, 0.25) is 0 Å². The lowest BCUT2D eigenvalue weighted by Crippen LogP contribution is -2.59. The normalized spacial score (nSPS) is 22.3. The van der Waals surface area contributed by atoms with Gasteiger partial charge in [0, 0.05) is 76.2 Å². The van der Waals surface area contributed by atoms with Gasteiger partial charge in [0.1, 0.15) is 0 Å². The SMILES string of the molecule is CCC(=O)N1CCC(CC(=O)OC)C(N2CCN(c3ccncc3)CC2)C1.Cl.Cl. The number of pyridine rings is 1. The smallest absolute Gasteiger partial charge is 0.305 e. The van der Waals surface area contributed by atoms with Crippen molar-refractivity contribution in [2.75, 3.05) is 51.3 Å². The van der Waals surface area contributed by atoms with Crippen LogP contribution in [-0.2, 0) is 14.3 Å². The summed E-state index contributed by atoms with van der Waals surface area (Å²) in [7, 11) is 1.45. The number of rotatable bonds is 5. The first-order valence-corrected chi connectivity index (χ1v) is 9.86. The van der Waals surface area contributed by atoms with Crippen molar-refractivity contribution >= 4 is 42.4 Å². The number of piperidine rings is 1. The van der Waals surface area contributed by atoms with Gasteiger partial charge in [-0.3, -0.25) is 19.5 Å². The Kier molecular flexibility index (Phi) is 10.7. The molecule has 1 aromatic rings. The third-order valence-electron chi connectivity index (χ3n) is 5.84. The number of ether oxygens (including phenoxy) is 1. The lowest BCUT2D eigenvalue weighted by atomic mass is 9.87. The van der Waals surface area contributed by atoms with Crippen molar-refractivity contribution in [1.29, 1.82) is 0 Å². The zero-order chi connectivity index (χ0) is 19.2. The number of aromatic nitrogens is 1. The second-order valence-corrected chi connectivity index (χ2v) is 7.32. The maximum Gasteiger partial charge on any atom is 0.305 e.